The van der Waals surface area contributed by atoms with Gasteiger partial charge >= 0.3 is 6.94 Å². The molecule has 0 heterocycles. The van der Waals surface area contributed by atoms with Crippen LogP contribution in [0.3, 0.4) is 0 Å². The standard InChI is InChI=1S/C5H9Cl2NOSi/c1-2-10(6,7)9-5-3-4-8/h2-3,5H2,1H3. The molecule has 0 saturated heterocycles. The summed E-state index contributed by atoms with van der Waals surface area (Å²) < 4.78 is 5.07. The number of halogens is 2. The topological polar surface area (TPSA) is 33.0 Å². The molecule has 2 nitrogen and oxygen atoms in total. The third-order valence-corrected chi connectivity index (χ3v) is 4.65. The van der Waals surface area contributed by atoms with Crippen molar-refractivity contribution in [2.24, 2.45) is 0 Å². The number of hydrogen-bond acceptors (Lipinski definition) is 2. The van der Waals surface area contributed by atoms with Crippen molar-refractivity contribution in [3.05, 3.63) is 0 Å². The van der Waals surface area contributed by atoms with Crippen molar-refractivity contribution in [1.82, 2.24) is 0 Å². The second-order valence-electron chi connectivity index (χ2n) is 1.75. The summed E-state index contributed by atoms with van der Waals surface area (Å²) in [4.78, 5) is 0. The molecule has 0 unspecified atom stereocenters. The lowest BCUT2D eigenvalue weighted by Gasteiger charge is -2.12. The molecule has 0 saturated carbocycles. The van der Waals surface area contributed by atoms with Gasteiger partial charge in [0.05, 0.1) is 12.5 Å². The zero-order chi connectivity index (χ0) is 8.04. The van der Waals surface area contributed by atoms with Gasteiger partial charge in [0.25, 0.3) is 0 Å². The van der Waals surface area contributed by atoms with Crippen LogP contribution in [0.5, 0.6) is 0 Å². The highest BCUT2D eigenvalue weighted by Gasteiger charge is 2.27. The van der Waals surface area contributed by atoms with Gasteiger partial charge < -0.3 is 4.43 Å². The Balaban J connectivity index is 3.39. The van der Waals surface area contributed by atoms with Gasteiger partial charge in [-0.3, -0.25) is 0 Å². The van der Waals surface area contributed by atoms with Crippen molar-refractivity contribution in [2.75, 3.05) is 6.61 Å². The van der Waals surface area contributed by atoms with Crippen LogP contribution in [0.4, 0.5) is 0 Å². The molecule has 0 aromatic rings. The van der Waals surface area contributed by atoms with Crippen LogP contribution in [0.1, 0.15) is 13.3 Å². The monoisotopic (exact) mass is 197 g/mol. The molecule has 0 fully saturated rings. The Hall–Kier alpha value is 0.247. The van der Waals surface area contributed by atoms with Crippen molar-refractivity contribution in [3.8, 4) is 6.07 Å². The molecule has 0 atom stereocenters. The average Bonchev–Trinajstić information content (AvgIpc) is 1.89. The molecule has 58 valence electrons. The average molecular weight is 198 g/mol. The third-order valence-electron chi connectivity index (χ3n) is 0.939. The summed E-state index contributed by atoms with van der Waals surface area (Å²) in [6.45, 7) is -0.197. The van der Waals surface area contributed by atoms with Gasteiger partial charge in [0.15, 0.2) is 0 Å². The van der Waals surface area contributed by atoms with E-state index >= 15 is 0 Å². The molecule has 0 aliphatic heterocycles. The summed E-state index contributed by atoms with van der Waals surface area (Å²) in [5.41, 5.74) is 0. The fraction of sp³-hybridized carbons (Fsp3) is 0.800. The van der Waals surface area contributed by atoms with Crippen LogP contribution in [-0.2, 0) is 4.43 Å². The van der Waals surface area contributed by atoms with E-state index in [1.54, 1.807) is 0 Å². The molecule has 0 aliphatic rings. The lowest BCUT2D eigenvalue weighted by atomic mass is 10.5. The molecule has 0 amide bonds. The molecular weight excluding hydrogens is 189 g/mol. The highest BCUT2D eigenvalue weighted by atomic mass is 35.7. The van der Waals surface area contributed by atoms with E-state index in [4.69, 9.17) is 31.8 Å². The van der Waals surface area contributed by atoms with Gasteiger partial charge in [0, 0.05) is 6.61 Å². The predicted molar refractivity (Wildman–Crippen MR) is 44.1 cm³/mol. The molecule has 0 spiro atoms. The van der Waals surface area contributed by atoms with E-state index in [1.807, 2.05) is 13.0 Å². The first-order valence-electron chi connectivity index (χ1n) is 3.01. The lowest BCUT2D eigenvalue weighted by Crippen LogP contribution is -2.23. The van der Waals surface area contributed by atoms with Crippen molar-refractivity contribution >= 4 is 29.1 Å². The Bertz CT molecular complexity index is 134. The molecule has 0 radical (unpaired) electrons. The zero-order valence-electron chi connectivity index (χ0n) is 5.73. The van der Waals surface area contributed by atoms with E-state index in [-0.39, 0.29) is 0 Å². The van der Waals surface area contributed by atoms with Gasteiger partial charge in [-0.15, -0.1) is 22.2 Å². The fourth-order valence-corrected chi connectivity index (χ4v) is 1.42. The summed E-state index contributed by atoms with van der Waals surface area (Å²) in [6.07, 6.45) is 0.355. The normalized spacial score (nSPS) is 11.0. The zero-order valence-corrected chi connectivity index (χ0v) is 8.24. The third kappa shape index (κ3) is 5.07. The van der Waals surface area contributed by atoms with E-state index in [1.165, 1.54) is 0 Å². The number of nitriles is 1. The molecule has 0 N–H and O–H groups in total. The predicted octanol–water partition coefficient (Wildman–Crippen LogP) is 2.35. The molecule has 0 aliphatic carbocycles. The Kier molecular flexibility index (Phi) is 5.09. The maximum absolute atomic E-state index is 8.14. The van der Waals surface area contributed by atoms with Crippen molar-refractivity contribution < 1.29 is 4.43 Å². The minimum absolute atomic E-state index is 0.351. The maximum atomic E-state index is 8.14. The van der Waals surface area contributed by atoms with Crippen molar-refractivity contribution in [2.45, 2.75) is 19.4 Å². The highest BCUT2D eigenvalue weighted by molar-refractivity contribution is 7.42. The van der Waals surface area contributed by atoms with E-state index in [9.17, 15) is 0 Å². The Morgan fingerprint density at radius 1 is 1.60 bits per heavy atom. The number of nitrogens with zero attached hydrogens (tertiary/aromatic N) is 1. The van der Waals surface area contributed by atoms with Crippen LogP contribution in [-0.4, -0.2) is 13.5 Å². The van der Waals surface area contributed by atoms with Gasteiger partial charge in [0.1, 0.15) is 0 Å². The molecule has 5 heteroatoms. The van der Waals surface area contributed by atoms with Crippen LogP contribution in [0, 0.1) is 11.3 Å². The van der Waals surface area contributed by atoms with E-state index in [0.717, 1.165) is 0 Å². The molecule has 0 aromatic carbocycles. The second kappa shape index (κ2) is 4.97. The van der Waals surface area contributed by atoms with Gasteiger partial charge in [-0.1, -0.05) is 6.92 Å². The van der Waals surface area contributed by atoms with Gasteiger partial charge in [-0.2, -0.15) is 5.26 Å². The van der Waals surface area contributed by atoms with E-state index < -0.39 is 6.94 Å². The summed E-state index contributed by atoms with van der Waals surface area (Å²) in [5.74, 6) is 0. The van der Waals surface area contributed by atoms with Crippen LogP contribution in [0.2, 0.25) is 6.04 Å². The fourth-order valence-electron chi connectivity index (χ4n) is 0.348. The van der Waals surface area contributed by atoms with E-state index in [2.05, 4.69) is 0 Å². The largest absolute Gasteiger partial charge is 0.391 e. The Morgan fingerprint density at radius 2 is 2.20 bits per heavy atom. The summed E-state index contributed by atoms with van der Waals surface area (Å²) in [6, 6.07) is 2.60. The minimum atomic E-state index is -2.42. The molecular formula is C5H9Cl2NOSi. The number of hydrogen-bond donors (Lipinski definition) is 0. The minimum Gasteiger partial charge on any atom is -0.391 e. The van der Waals surface area contributed by atoms with Crippen LogP contribution in [0.25, 0.3) is 0 Å². The Morgan fingerprint density at radius 3 is 2.60 bits per heavy atom. The van der Waals surface area contributed by atoms with Crippen LogP contribution >= 0.6 is 22.2 Å². The van der Waals surface area contributed by atoms with Crippen LogP contribution in [0.15, 0.2) is 0 Å². The summed E-state index contributed by atoms with van der Waals surface area (Å²) >= 11 is 11.5. The van der Waals surface area contributed by atoms with E-state index in [0.29, 0.717) is 19.1 Å². The lowest BCUT2D eigenvalue weighted by molar-refractivity contribution is 0.334. The quantitative estimate of drug-likeness (QED) is 0.394. The SMILES string of the molecule is CC[Si](Cl)(Cl)OCCC#N. The molecule has 0 aromatic heterocycles. The highest BCUT2D eigenvalue weighted by Crippen LogP contribution is 2.20. The van der Waals surface area contributed by atoms with Crippen molar-refractivity contribution in [3.63, 3.8) is 0 Å². The first-order chi connectivity index (χ1) is 4.62. The van der Waals surface area contributed by atoms with Gasteiger partial charge in [0.2, 0.25) is 0 Å². The number of rotatable bonds is 4. The van der Waals surface area contributed by atoms with Gasteiger partial charge in [-0.25, -0.2) is 0 Å². The maximum Gasteiger partial charge on any atom is 0.389 e. The second-order valence-corrected chi connectivity index (χ2v) is 8.26. The van der Waals surface area contributed by atoms with Gasteiger partial charge in [-0.05, 0) is 6.04 Å². The smallest absolute Gasteiger partial charge is 0.389 e. The summed E-state index contributed by atoms with van der Waals surface area (Å²) in [5, 5.41) is 8.14. The van der Waals surface area contributed by atoms with Crippen molar-refractivity contribution in [1.29, 1.82) is 5.26 Å². The Labute approximate surface area is 71.2 Å². The first kappa shape index (κ1) is 10.2. The molecule has 10 heavy (non-hydrogen) atoms. The summed E-state index contributed by atoms with van der Waals surface area (Å²) in [7, 11) is 0. The first-order valence-corrected chi connectivity index (χ1v) is 7.15. The van der Waals surface area contributed by atoms with Crippen LogP contribution < -0.4 is 0 Å². The molecule has 0 rings (SSSR count). The molecule has 0 bridgehead atoms.